The highest BCUT2D eigenvalue weighted by Gasteiger charge is 2.52. The largest absolute Gasteiger partial charge is 0.362 e. The van der Waals surface area contributed by atoms with Crippen LogP contribution in [0.15, 0.2) is 6.07 Å². The number of nitrogens with two attached hydrogens (primary N) is 1. The van der Waals surface area contributed by atoms with E-state index in [4.69, 9.17) is 5.73 Å². The molecule has 4 bridgehead atoms. The van der Waals surface area contributed by atoms with E-state index in [1.807, 2.05) is 0 Å². The molecule has 0 saturated heterocycles. The highest BCUT2D eigenvalue weighted by Crippen LogP contribution is 2.61. The second-order valence-corrected chi connectivity index (χ2v) is 7.58. The lowest BCUT2D eigenvalue weighted by molar-refractivity contribution is -0.00551. The first-order valence-electron chi connectivity index (χ1n) is 8.07. The lowest BCUT2D eigenvalue weighted by Crippen LogP contribution is -2.48. The minimum absolute atomic E-state index is 0.518. The first-order valence-corrected chi connectivity index (χ1v) is 8.07. The second-order valence-electron chi connectivity index (χ2n) is 7.58. The Morgan fingerprint density at radius 3 is 2.26 bits per heavy atom. The summed E-state index contributed by atoms with van der Waals surface area (Å²) in [6.45, 7) is 2.96. The van der Waals surface area contributed by atoms with Crippen LogP contribution in [0, 0.1) is 24.7 Å². The first-order chi connectivity index (χ1) is 9.18. The fraction of sp³-hybridized carbons (Fsp3) is 0.765. The Bertz CT molecular complexity index is 450. The van der Waals surface area contributed by atoms with Gasteiger partial charge in [0, 0.05) is 17.8 Å². The van der Waals surface area contributed by atoms with Crippen molar-refractivity contribution in [2.24, 2.45) is 23.5 Å². The topological polar surface area (TPSA) is 41.8 Å². The zero-order chi connectivity index (χ0) is 13.0. The Kier molecular flexibility index (Phi) is 2.60. The summed E-state index contributed by atoms with van der Waals surface area (Å²) >= 11 is 0. The maximum atomic E-state index is 5.81. The first kappa shape index (κ1) is 12.0. The maximum Gasteiger partial charge on any atom is 0.0200 e. The van der Waals surface area contributed by atoms with Crippen LogP contribution >= 0.6 is 0 Å². The van der Waals surface area contributed by atoms with Gasteiger partial charge in [-0.2, -0.15) is 0 Å². The minimum atomic E-state index is 0.518. The Hall–Kier alpha value is -0.760. The SMILES string of the molecule is Cc1cc(C23CC4CC(CC(C4)C2)C3)c(CCN)[nH]1. The molecule has 0 unspecified atom stereocenters. The fourth-order valence-electron chi connectivity index (χ4n) is 5.90. The third-order valence-electron chi connectivity index (χ3n) is 6.04. The molecule has 0 amide bonds. The molecule has 0 radical (unpaired) electrons. The molecule has 1 aromatic heterocycles. The van der Waals surface area contributed by atoms with Crippen LogP contribution in [-0.4, -0.2) is 11.5 Å². The van der Waals surface area contributed by atoms with E-state index < -0.39 is 0 Å². The van der Waals surface area contributed by atoms with E-state index in [1.165, 1.54) is 49.9 Å². The van der Waals surface area contributed by atoms with Crippen molar-refractivity contribution in [2.75, 3.05) is 6.54 Å². The van der Waals surface area contributed by atoms with Crippen LogP contribution in [0.1, 0.15) is 55.5 Å². The van der Waals surface area contributed by atoms with Gasteiger partial charge >= 0.3 is 0 Å². The molecule has 5 rings (SSSR count). The number of rotatable bonds is 3. The lowest BCUT2D eigenvalue weighted by Gasteiger charge is -2.57. The molecule has 19 heavy (non-hydrogen) atoms. The number of aromatic amines is 1. The van der Waals surface area contributed by atoms with Crippen molar-refractivity contribution in [3.05, 3.63) is 23.0 Å². The smallest absolute Gasteiger partial charge is 0.0200 e. The van der Waals surface area contributed by atoms with Crippen LogP contribution in [0.3, 0.4) is 0 Å². The molecular weight excluding hydrogens is 232 g/mol. The summed E-state index contributed by atoms with van der Waals surface area (Å²) in [4.78, 5) is 3.59. The van der Waals surface area contributed by atoms with Crippen molar-refractivity contribution in [2.45, 2.75) is 57.3 Å². The number of aromatic nitrogens is 1. The summed E-state index contributed by atoms with van der Waals surface area (Å²) < 4.78 is 0. The average Bonchev–Trinajstić information content (AvgIpc) is 2.70. The molecule has 2 heteroatoms. The predicted octanol–water partition coefficient (Wildman–Crippen LogP) is 3.29. The Balaban J connectivity index is 1.75. The zero-order valence-electron chi connectivity index (χ0n) is 12.0. The van der Waals surface area contributed by atoms with E-state index in [9.17, 15) is 0 Å². The van der Waals surface area contributed by atoms with Crippen molar-refractivity contribution in [1.82, 2.24) is 4.98 Å². The van der Waals surface area contributed by atoms with Crippen LogP contribution in [0.25, 0.3) is 0 Å². The normalized spacial score (nSPS) is 40.0. The van der Waals surface area contributed by atoms with E-state index in [0.717, 1.165) is 30.7 Å². The van der Waals surface area contributed by atoms with Crippen LogP contribution in [0.2, 0.25) is 0 Å². The summed E-state index contributed by atoms with van der Waals surface area (Å²) in [5.41, 5.74) is 10.7. The van der Waals surface area contributed by atoms with Gasteiger partial charge in [-0.25, -0.2) is 0 Å². The molecule has 1 aromatic rings. The van der Waals surface area contributed by atoms with Gasteiger partial charge in [-0.05, 0) is 86.8 Å². The monoisotopic (exact) mass is 258 g/mol. The van der Waals surface area contributed by atoms with Gasteiger partial charge in [0.05, 0.1) is 0 Å². The number of aryl methyl sites for hydroxylation is 1. The van der Waals surface area contributed by atoms with Crippen LogP contribution in [-0.2, 0) is 11.8 Å². The molecule has 0 aromatic carbocycles. The van der Waals surface area contributed by atoms with E-state index >= 15 is 0 Å². The highest BCUT2D eigenvalue weighted by atomic mass is 14.7. The molecule has 0 spiro atoms. The van der Waals surface area contributed by atoms with Crippen LogP contribution in [0.4, 0.5) is 0 Å². The zero-order valence-corrected chi connectivity index (χ0v) is 12.0. The van der Waals surface area contributed by atoms with E-state index in [0.29, 0.717) is 5.41 Å². The molecule has 0 aliphatic heterocycles. The Labute approximate surface area is 116 Å². The van der Waals surface area contributed by atoms with Crippen molar-refractivity contribution < 1.29 is 0 Å². The van der Waals surface area contributed by atoms with Crippen molar-refractivity contribution in [3.8, 4) is 0 Å². The van der Waals surface area contributed by atoms with Crippen molar-refractivity contribution in [1.29, 1.82) is 0 Å². The number of hydrogen-bond acceptors (Lipinski definition) is 1. The summed E-state index contributed by atoms with van der Waals surface area (Å²) in [6, 6.07) is 2.44. The Morgan fingerprint density at radius 2 is 1.74 bits per heavy atom. The molecule has 1 heterocycles. The summed E-state index contributed by atoms with van der Waals surface area (Å²) in [5.74, 6) is 3.06. The third-order valence-corrected chi connectivity index (χ3v) is 6.04. The molecule has 0 atom stereocenters. The summed E-state index contributed by atoms with van der Waals surface area (Å²) in [6.07, 6.45) is 9.94. The van der Waals surface area contributed by atoms with Gasteiger partial charge in [-0.3, -0.25) is 0 Å². The molecule has 4 saturated carbocycles. The molecule has 2 nitrogen and oxygen atoms in total. The van der Waals surface area contributed by atoms with Gasteiger partial charge in [0.2, 0.25) is 0 Å². The molecule has 104 valence electrons. The Morgan fingerprint density at radius 1 is 1.16 bits per heavy atom. The third kappa shape index (κ3) is 1.79. The standard InChI is InChI=1S/C17H26N2/c1-11-4-15(16(19-11)2-3-18)17-8-12-5-13(9-17)7-14(6-12)10-17/h4,12-14,19H,2-3,5-10,18H2,1H3. The molecule has 4 aliphatic carbocycles. The van der Waals surface area contributed by atoms with Crippen molar-refractivity contribution >= 4 is 0 Å². The minimum Gasteiger partial charge on any atom is -0.362 e. The number of H-pyrrole nitrogens is 1. The van der Waals surface area contributed by atoms with Gasteiger partial charge in [0.15, 0.2) is 0 Å². The van der Waals surface area contributed by atoms with E-state index in [1.54, 1.807) is 5.56 Å². The molecule has 4 aliphatic rings. The van der Waals surface area contributed by atoms with Gasteiger partial charge in [-0.15, -0.1) is 0 Å². The van der Waals surface area contributed by atoms with Gasteiger partial charge in [0.25, 0.3) is 0 Å². The van der Waals surface area contributed by atoms with Crippen LogP contribution < -0.4 is 5.73 Å². The quantitative estimate of drug-likeness (QED) is 0.858. The lowest BCUT2D eigenvalue weighted by atomic mass is 9.48. The summed E-state index contributed by atoms with van der Waals surface area (Å²) in [5, 5.41) is 0. The van der Waals surface area contributed by atoms with Crippen LogP contribution in [0.5, 0.6) is 0 Å². The van der Waals surface area contributed by atoms with Crippen molar-refractivity contribution in [3.63, 3.8) is 0 Å². The second kappa shape index (κ2) is 4.12. The maximum absolute atomic E-state index is 5.81. The molecular formula is C17H26N2. The predicted molar refractivity (Wildman–Crippen MR) is 78.1 cm³/mol. The molecule has 4 fully saturated rings. The van der Waals surface area contributed by atoms with E-state index in [-0.39, 0.29) is 0 Å². The highest BCUT2D eigenvalue weighted by molar-refractivity contribution is 5.36. The van der Waals surface area contributed by atoms with E-state index in [2.05, 4.69) is 18.0 Å². The number of nitrogens with one attached hydrogen (secondary N) is 1. The van der Waals surface area contributed by atoms with Gasteiger partial charge < -0.3 is 10.7 Å². The fourth-order valence-corrected chi connectivity index (χ4v) is 5.90. The average molecular weight is 258 g/mol. The van der Waals surface area contributed by atoms with Gasteiger partial charge in [0.1, 0.15) is 0 Å². The van der Waals surface area contributed by atoms with Gasteiger partial charge in [-0.1, -0.05) is 0 Å². The molecule has 3 N–H and O–H groups in total. The number of hydrogen-bond donors (Lipinski definition) is 2. The summed E-state index contributed by atoms with van der Waals surface area (Å²) in [7, 11) is 0.